The number of hydrogen-bond acceptors (Lipinski definition) is 2. The predicted octanol–water partition coefficient (Wildman–Crippen LogP) is 5.22. The highest BCUT2D eigenvalue weighted by molar-refractivity contribution is 5.96. The standard InChI is InChI=1S/C19H16O2/c1-2-19(20)16-8-5-9-17(13-16)21-18-11-10-14-6-3-4-7-15(14)12-18/h3-13H,2H2,1H3. The Kier molecular flexibility index (Phi) is 3.69. The summed E-state index contributed by atoms with van der Waals surface area (Å²) < 4.78 is 5.87. The number of carbonyl (C=O) groups is 1. The fourth-order valence-corrected chi connectivity index (χ4v) is 2.30. The zero-order valence-electron chi connectivity index (χ0n) is 11.9. The van der Waals surface area contributed by atoms with E-state index in [0.29, 0.717) is 17.7 Å². The van der Waals surface area contributed by atoms with Crippen LogP contribution in [-0.2, 0) is 0 Å². The molecule has 0 radical (unpaired) electrons. The van der Waals surface area contributed by atoms with Crippen molar-refractivity contribution in [2.75, 3.05) is 0 Å². The van der Waals surface area contributed by atoms with E-state index in [9.17, 15) is 4.79 Å². The maximum Gasteiger partial charge on any atom is 0.162 e. The molecule has 0 aromatic heterocycles. The molecule has 0 aliphatic rings. The molecule has 0 saturated heterocycles. The van der Waals surface area contributed by atoms with Crippen LogP contribution >= 0.6 is 0 Å². The van der Waals surface area contributed by atoms with Crippen LogP contribution in [-0.4, -0.2) is 5.78 Å². The van der Waals surface area contributed by atoms with E-state index in [0.717, 1.165) is 11.1 Å². The molecule has 0 bridgehead atoms. The first kappa shape index (κ1) is 13.4. The minimum absolute atomic E-state index is 0.124. The first-order chi connectivity index (χ1) is 10.3. The number of fused-ring (bicyclic) bond motifs is 1. The van der Waals surface area contributed by atoms with E-state index in [4.69, 9.17) is 4.74 Å². The van der Waals surface area contributed by atoms with Crippen LogP contribution < -0.4 is 4.74 Å². The van der Waals surface area contributed by atoms with Crippen molar-refractivity contribution in [1.29, 1.82) is 0 Å². The molecule has 0 fully saturated rings. The summed E-state index contributed by atoms with van der Waals surface area (Å²) in [6, 6.07) is 21.4. The Hall–Kier alpha value is -2.61. The average Bonchev–Trinajstić information content (AvgIpc) is 2.54. The third kappa shape index (κ3) is 2.95. The van der Waals surface area contributed by atoms with E-state index in [-0.39, 0.29) is 5.78 Å². The molecule has 0 amide bonds. The second-order valence-corrected chi connectivity index (χ2v) is 4.92. The van der Waals surface area contributed by atoms with Crippen LogP contribution in [0.3, 0.4) is 0 Å². The summed E-state index contributed by atoms with van der Waals surface area (Å²) in [7, 11) is 0. The highest BCUT2D eigenvalue weighted by Crippen LogP contribution is 2.26. The summed E-state index contributed by atoms with van der Waals surface area (Å²) in [5.74, 6) is 1.58. The van der Waals surface area contributed by atoms with Gasteiger partial charge in [-0.3, -0.25) is 4.79 Å². The summed E-state index contributed by atoms with van der Waals surface area (Å²) in [5.41, 5.74) is 0.691. The minimum atomic E-state index is 0.124. The van der Waals surface area contributed by atoms with Crippen molar-refractivity contribution >= 4 is 16.6 Å². The van der Waals surface area contributed by atoms with Crippen molar-refractivity contribution in [1.82, 2.24) is 0 Å². The number of benzene rings is 3. The second kappa shape index (κ2) is 5.80. The maximum absolute atomic E-state index is 11.7. The van der Waals surface area contributed by atoms with Gasteiger partial charge in [0.05, 0.1) is 0 Å². The van der Waals surface area contributed by atoms with Crippen LogP contribution in [0.25, 0.3) is 10.8 Å². The molecule has 2 heteroatoms. The van der Waals surface area contributed by atoms with Crippen LogP contribution in [0.2, 0.25) is 0 Å². The fourth-order valence-electron chi connectivity index (χ4n) is 2.30. The van der Waals surface area contributed by atoms with Crippen LogP contribution in [0.1, 0.15) is 23.7 Å². The van der Waals surface area contributed by atoms with Gasteiger partial charge in [0.1, 0.15) is 11.5 Å². The molecule has 0 spiro atoms. The van der Waals surface area contributed by atoms with E-state index >= 15 is 0 Å². The van der Waals surface area contributed by atoms with Gasteiger partial charge in [-0.25, -0.2) is 0 Å². The van der Waals surface area contributed by atoms with Gasteiger partial charge in [0.15, 0.2) is 5.78 Å². The van der Waals surface area contributed by atoms with Crippen LogP contribution in [0.4, 0.5) is 0 Å². The van der Waals surface area contributed by atoms with Crippen LogP contribution in [0, 0.1) is 0 Å². The zero-order chi connectivity index (χ0) is 14.7. The summed E-state index contributed by atoms with van der Waals surface area (Å²) in [5, 5.41) is 2.32. The van der Waals surface area contributed by atoms with Crippen molar-refractivity contribution in [2.24, 2.45) is 0 Å². The first-order valence-corrected chi connectivity index (χ1v) is 7.06. The number of rotatable bonds is 4. The molecule has 0 aliphatic carbocycles. The largest absolute Gasteiger partial charge is 0.457 e. The minimum Gasteiger partial charge on any atom is -0.457 e. The third-order valence-electron chi connectivity index (χ3n) is 3.43. The second-order valence-electron chi connectivity index (χ2n) is 4.92. The Labute approximate surface area is 124 Å². The lowest BCUT2D eigenvalue weighted by molar-refractivity contribution is 0.0988. The molecular formula is C19H16O2. The lowest BCUT2D eigenvalue weighted by Gasteiger charge is -2.08. The van der Waals surface area contributed by atoms with Crippen molar-refractivity contribution < 1.29 is 9.53 Å². The van der Waals surface area contributed by atoms with E-state index < -0.39 is 0 Å². The molecule has 0 aliphatic heterocycles. The number of ether oxygens (including phenoxy) is 1. The smallest absolute Gasteiger partial charge is 0.162 e. The Morgan fingerprint density at radius 2 is 1.62 bits per heavy atom. The lowest BCUT2D eigenvalue weighted by atomic mass is 10.1. The Bertz CT molecular complexity index is 790. The van der Waals surface area contributed by atoms with Crippen molar-refractivity contribution in [3.8, 4) is 11.5 Å². The first-order valence-electron chi connectivity index (χ1n) is 7.06. The highest BCUT2D eigenvalue weighted by atomic mass is 16.5. The van der Waals surface area contributed by atoms with E-state index in [1.165, 1.54) is 5.39 Å². The molecule has 3 rings (SSSR count). The summed E-state index contributed by atoms with van der Waals surface area (Å²) in [6.45, 7) is 1.86. The molecule has 3 aromatic carbocycles. The van der Waals surface area contributed by atoms with Gasteiger partial charge in [0, 0.05) is 12.0 Å². The summed E-state index contributed by atoms with van der Waals surface area (Å²) >= 11 is 0. The molecule has 2 nitrogen and oxygen atoms in total. The van der Waals surface area contributed by atoms with E-state index in [1.807, 2.05) is 55.5 Å². The fraction of sp³-hybridized carbons (Fsp3) is 0.105. The molecule has 0 saturated carbocycles. The van der Waals surface area contributed by atoms with Gasteiger partial charge < -0.3 is 4.74 Å². The maximum atomic E-state index is 11.7. The topological polar surface area (TPSA) is 26.3 Å². The van der Waals surface area contributed by atoms with Crippen molar-refractivity contribution in [3.05, 3.63) is 72.3 Å². The summed E-state index contributed by atoms with van der Waals surface area (Å²) in [6.07, 6.45) is 0.499. The van der Waals surface area contributed by atoms with Crippen molar-refractivity contribution in [3.63, 3.8) is 0 Å². The molecule has 0 N–H and O–H groups in total. The molecule has 21 heavy (non-hydrogen) atoms. The summed E-state index contributed by atoms with van der Waals surface area (Å²) in [4.78, 5) is 11.7. The zero-order valence-corrected chi connectivity index (χ0v) is 11.9. The Morgan fingerprint density at radius 1 is 0.857 bits per heavy atom. The SMILES string of the molecule is CCC(=O)c1cccc(Oc2ccc3ccccc3c2)c1. The molecule has 0 atom stereocenters. The normalized spacial score (nSPS) is 10.5. The van der Waals surface area contributed by atoms with Gasteiger partial charge >= 0.3 is 0 Å². The Morgan fingerprint density at radius 3 is 2.43 bits per heavy atom. The van der Waals surface area contributed by atoms with Gasteiger partial charge in [0.2, 0.25) is 0 Å². The van der Waals surface area contributed by atoms with E-state index in [2.05, 4.69) is 12.1 Å². The number of Topliss-reactive ketones (excluding diaryl/α,β-unsaturated/α-hetero) is 1. The van der Waals surface area contributed by atoms with Crippen LogP contribution in [0.5, 0.6) is 11.5 Å². The number of hydrogen-bond donors (Lipinski definition) is 0. The highest BCUT2D eigenvalue weighted by Gasteiger charge is 2.05. The number of carbonyl (C=O) groups excluding carboxylic acids is 1. The van der Waals surface area contributed by atoms with Gasteiger partial charge in [-0.05, 0) is 35.0 Å². The van der Waals surface area contributed by atoms with Gasteiger partial charge in [-0.15, -0.1) is 0 Å². The average molecular weight is 276 g/mol. The molecule has 104 valence electrons. The third-order valence-corrected chi connectivity index (χ3v) is 3.43. The van der Waals surface area contributed by atoms with Gasteiger partial charge in [-0.1, -0.05) is 49.4 Å². The Balaban J connectivity index is 1.89. The molecule has 0 unspecified atom stereocenters. The van der Waals surface area contributed by atoms with Crippen LogP contribution in [0.15, 0.2) is 66.7 Å². The van der Waals surface area contributed by atoms with Gasteiger partial charge in [-0.2, -0.15) is 0 Å². The predicted molar refractivity (Wildman–Crippen MR) is 85.1 cm³/mol. The van der Waals surface area contributed by atoms with Crippen molar-refractivity contribution in [2.45, 2.75) is 13.3 Å². The molecular weight excluding hydrogens is 260 g/mol. The molecule has 0 heterocycles. The molecule has 3 aromatic rings. The van der Waals surface area contributed by atoms with E-state index in [1.54, 1.807) is 6.07 Å². The monoisotopic (exact) mass is 276 g/mol. The lowest BCUT2D eigenvalue weighted by Crippen LogP contribution is -1.96. The van der Waals surface area contributed by atoms with Gasteiger partial charge in [0.25, 0.3) is 0 Å². The quantitative estimate of drug-likeness (QED) is 0.610. The number of ketones is 1.